The summed E-state index contributed by atoms with van der Waals surface area (Å²) in [6.45, 7) is 3.10. The first-order valence-electron chi connectivity index (χ1n) is 8.97. The minimum atomic E-state index is -0.131. The van der Waals surface area contributed by atoms with Crippen molar-refractivity contribution in [3.8, 4) is 0 Å². The minimum absolute atomic E-state index is 0.131. The van der Waals surface area contributed by atoms with Crippen LogP contribution < -0.4 is 0 Å². The molecule has 1 nitrogen and oxygen atoms in total. The average molecular weight is 321 g/mol. The average Bonchev–Trinajstić information content (AvgIpc) is 2.58. The fraction of sp³-hybridized carbons (Fsp3) is 0.364. The molecule has 0 spiro atoms. The lowest BCUT2D eigenvalue weighted by atomic mass is 9.81. The second-order valence-corrected chi connectivity index (χ2v) is 7.17. The van der Waals surface area contributed by atoms with E-state index in [1.54, 1.807) is 12.1 Å². The number of halogens is 1. The van der Waals surface area contributed by atoms with E-state index in [1.807, 2.05) is 6.07 Å². The van der Waals surface area contributed by atoms with Crippen molar-refractivity contribution < 1.29 is 4.39 Å². The highest BCUT2D eigenvalue weighted by molar-refractivity contribution is 5.70. The topological polar surface area (TPSA) is 3.24 Å². The molecule has 0 saturated carbocycles. The first-order chi connectivity index (χ1) is 11.7. The number of benzene rings is 2. The smallest absolute Gasteiger partial charge is 0.123 e. The van der Waals surface area contributed by atoms with E-state index in [2.05, 4.69) is 48.2 Å². The van der Waals surface area contributed by atoms with Crippen LogP contribution in [0.4, 0.5) is 4.39 Å². The predicted molar refractivity (Wildman–Crippen MR) is 97.1 cm³/mol. The minimum Gasteiger partial charge on any atom is -0.289 e. The van der Waals surface area contributed by atoms with Crippen LogP contribution in [0.2, 0.25) is 0 Å². The van der Waals surface area contributed by atoms with Gasteiger partial charge in [0, 0.05) is 18.6 Å². The maximum Gasteiger partial charge on any atom is 0.123 e. The molecule has 0 aromatic heterocycles. The van der Waals surface area contributed by atoms with Crippen LogP contribution in [0, 0.1) is 12.7 Å². The third-order valence-corrected chi connectivity index (χ3v) is 5.53. The molecule has 2 heteroatoms. The Labute approximate surface area is 143 Å². The van der Waals surface area contributed by atoms with Gasteiger partial charge in [-0.25, -0.2) is 4.39 Å². The molecule has 2 aliphatic rings. The highest BCUT2D eigenvalue weighted by Crippen LogP contribution is 2.38. The predicted octanol–water partition coefficient (Wildman–Crippen LogP) is 5.34. The molecule has 24 heavy (non-hydrogen) atoms. The molecule has 2 aromatic carbocycles. The standard InChI is InChI=1S/C22H24FN/c1-16-10-11-19(23)14-22(16)18-12-20-8-5-9-21(13-18)24(20)15-17-6-3-2-4-7-17/h2-4,6-7,10-12,14,20-21H,5,8-9,13,15H2,1H3. The summed E-state index contributed by atoms with van der Waals surface area (Å²) in [4.78, 5) is 2.65. The molecule has 2 bridgehead atoms. The van der Waals surface area contributed by atoms with Gasteiger partial charge in [0.05, 0.1) is 0 Å². The van der Waals surface area contributed by atoms with Gasteiger partial charge < -0.3 is 0 Å². The summed E-state index contributed by atoms with van der Waals surface area (Å²) < 4.78 is 13.7. The van der Waals surface area contributed by atoms with Gasteiger partial charge in [-0.15, -0.1) is 0 Å². The Hall–Kier alpha value is -1.93. The van der Waals surface area contributed by atoms with E-state index in [-0.39, 0.29) is 5.82 Å². The molecule has 1 fully saturated rings. The molecule has 1 saturated heterocycles. The van der Waals surface area contributed by atoms with E-state index >= 15 is 0 Å². The summed E-state index contributed by atoms with van der Waals surface area (Å²) in [7, 11) is 0. The van der Waals surface area contributed by atoms with Gasteiger partial charge in [-0.05, 0) is 60.6 Å². The summed E-state index contributed by atoms with van der Waals surface area (Å²) in [6.07, 6.45) is 7.19. The highest BCUT2D eigenvalue weighted by atomic mass is 19.1. The van der Waals surface area contributed by atoms with Crippen LogP contribution in [0.1, 0.15) is 42.4 Å². The Morgan fingerprint density at radius 2 is 1.92 bits per heavy atom. The van der Waals surface area contributed by atoms with Gasteiger partial charge in [-0.2, -0.15) is 0 Å². The molecule has 124 valence electrons. The summed E-state index contributed by atoms with van der Waals surface area (Å²) >= 11 is 0. The Kier molecular flexibility index (Phi) is 4.24. The molecule has 2 unspecified atom stereocenters. The van der Waals surface area contributed by atoms with Crippen LogP contribution in [-0.4, -0.2) is 17.0 Å². The van der Waals surface area contributed by atoms with E-state index in [9.17, 15) is 4.39 Å². The zero-order valence-electron chi connectivity index (χ0n) is 14.2. The van der Waals surface area contributed by atoms with E-state index in [0.717, 1.165) is 18.5 Å². The third kappa shape index (κ3) is 3.03. The van der Waals surface area contributed by atoms with Gasteiger partial charge in [0.2, 0.25) is 0 Å². The maximum absolute atomic E-state index is 13.7. The van der Waals surface area contributed by atoms with Crippen molar-refractivity contribution in [1.82, 2.24) is 4.90 Å². The number of nitrogens with zero attached hydrogens (tertiary/aromatic N) is 1. The normalized spacial score (nSPS) is 23.8. The van der Waals surface area contributed by atoms with Crippen LogP contribution in [0.15, 0.2) is 54.6 Å². The molecular formula is C22H24FN. The van der Waals surface area contributed by atoms with Gasteiger partial charge in [0.15, 0.2) is 0 Å². The highest BCUT2D eigenvalue weighted by Gasteiger charge is 2.34. The monoisotopic (exact) mass is 321 g/mol. The Balaban J connectivity index is 1.63. The first kappa shape index (κ1) is 15.6. The van der Waals surface area contributed by atoms with Crippen molar-refractivity contribution in [2.24, 2.45) is 0 Å². The van der Waals surface area contributed by atoms with Crippen molar-refractivity contribution in [2.75, 3.05) is 0 Å². The maximum atomic E-state index is 13.7. The number of hydrogen-bond donors (Lipinski definition) is 0. The summed E-state index contributed by atoms with van der Waals surface area (Å²) in [5.41, 5.74) is 5.00. The third-order valence-electron chi connectivity index (χ3n) is 5.53. The van der Waals surface area contributed by atoms with Gasteiger partial charge in [0.25, 0.3) is 0 Å². The van der Waals surface area contributed by atoms with Crippen LogP contribution in [0.5, 0.6) is 0 Å². The lowest BCUT2D eigenvalue weighted by Crippen LogP contribution is -2.47. The van der Waals surface area contributed by atoms with E-state index < -0.39 is 0 Å². The number of fused-ring (bicyclic) bond motifs is 2. The van der Waals surface area contributed by atoms with Gasteiger partial charge in [-0.1, -0.05) is 48.9 Å². The van der Waals surface area contributed by atoms with E-state index in [1.165, 1.54) is 36.0 Å². The zero-order valence-corrected chi connectivity index (χ0v) is 14.2. The van der Waals surface area contributed by atoms with Gasteiger partial charge in [0.1, 0.15) is 5.82 Å². The lowest BCUT2D eigenvalue weighted by Gasteiger charge is -2.45. The van der Waals surface area contributed by atoms with E-state index in [0.29, 0.717) is 12.1 Å². The molecule has 2 aromatic rings. The molecule has 0 N–H and O–H groups in total. The number of hydrogen-bond acceptors (Lipinski definition) is 1. The lowest BCUT2D eigenvalue weighted by molar-refractivity contribution is 0.0951. The number of rotatable bonds is 3. The van der Waals surface area contributed by atoms with Crippen molar-refractivity contribution in [3.05, 3.63) is 77.1 Å². The van der Waals surface area contributed by atoms with Crippen LogP contribution in [0.3, 0.4) is 0 Å². The molecule has 0 amide bonds. The van der Waals surface area contributed by atoms with Crippen molar-refractivity contribution >= 4 is 5.57 Å². The number of aryl methyl sites for hydroxylation is 1. The molecule has 2 heterocycles. The molecule has 0 aliphatic carbocycles. The second-order valence-electron chi connectivity index (χ2n) is 7.17. The van der Waals surface area contributed by atoms with Crippen molar-refractivity contribution in [2.45, 2.75) is 51.2 Å². The van der Waals surface area contributed by atoms with Crippen molar-refractivity contribution in [3.63, 3.8) is 0 Å². The summed E-state index contributed by atoms with van der Waals surface area (Å²) in [5, 5.41) is 0. The fourth-order valence-corrected chi connectivity index (χ4v) is 4.30. The van der Waals surface area contributed by atoms with Crippen LogP contribution >= 0.6 is 0 Å². The van der Waals surface area contributed by atoms with Crippen molar-refractivity contribution in [1.29, 1.82) is 0 Å². The molecular weight excluding hydrogens is 297 g/mol. The largest absolute Gasteiger partial charge is 0.289 e. The van der Waals surface area contributed by atoms with Gasteiger partial charge >= 0.3 is 0 Å². The Morgan fingerprint density at radius 3 is 2.71 bits per heavy atom. The van der Waals surface area contributed by atoms with Crippen LogP contribution in [0.25, 0.3) is 5.57 Å². The molecule has 2 atom stereocenters. The molecule has 0 radical (unpaired) electrons. The first-order valence-corrected chi connectivity index (χ1v) is 8.97. The van der Waals surface area contributed by atoms with E-state index in [4.69, 9.17) is 0 Å². The SMILES string of the molecule is Cc1ccc(F)cc1C1=CC2CCCC(C1)N2Cc1ccccc1. The van der Waals surface area contributed by atoms with Gasteiger partial charge in [-0.3, -0.25) is 4.90 Å². The summed E-state index contributed by atoms with van der Waals surface area (Å²) in [5.74, 6) is -0.131. The van der Waals surface area contributed by atoms with Crippen LogP contribution in [-0.2, 0) is 6.54 Å². The fourth-order valence-electron chi connectivity index (χ4n) is 4.30. The Morgan fingerprint density at radius 1 is 1.08 bits per heavy atom. The summed E-state index contributed by atoms with van der Waals surface area (Å²) in [6, 6.07) is 17.0. The zero-order chi connectivity index (χ0) is 16.5. The molecule has 2 aliphatic heterocycles. The number of piperidine rings is 1. The molecule has 4 rings (SSSR count). The Bertz CT molecular complexity index is 750. The second kappa shape index (κ2) is 6.52. The quantitative estimate of drug-likeness (QED) is 0.737.